The van der Waals surface area contributed by atoms with Crippen LogP contribution in [0.1, 0.15) is 33.9 Å². The summed E-state index contributed by atoms with van der Waals surface area (Å²) in [5, 5.41) is 14.9. The Hall–Kier alpha value is -2.93. The molecule has 0 unspecified atom stereocenters. The Morgan fingerprint density at radius 3 is 2.79 bits per heavy atom. The minimum Gasteiger partial charge on any atom is -0.506 e. The highest BCUT2D eigenvalue weighted by atomic mass is 16.5. The lowest BCUT2D eigenvalue weighted by molar-refractivity contribution is 0.0755. The molecular formula is C21H24N4O3. The minimum atomic E-state index is -0.0932. The second-order valence-electron chi connectivity index (χ2n) is 7.27. The summed E-state index contributed by atoms with van der Waals surface area (Å²) in [6, 6.07) is 8.79. The fraction of sp³-hybridized carbons (Fsp3) is 0.381. The number of fused-ring (bicyclic) bond motifs is 1. The summed E-state index contributed by atoms with van der Waals surface area (Å²) in [7, 11) is 0. The van der Waals surface area contributed by atoms with Gasteiger partial charge in [0.15, 0.2) is 0 Å². The number of aromatic hydroxyl groups is 1. The molecule has 1 aliphatic heterocycles. The Balaban J connectivity index is 1.47. The maximum atomic E-state index is 13.0. The molecule has 1 aliphatic rings. The zero-order chi connectivity index (χ0) is 19.7. The smallest absolute Gasteiger partial charge is 0.272 e. The molecule has 3 heterocycles. The molecule has 3 aromatic rings. The first-order valence-corrected chi connectivity index (χ1v) is 9.55. The predicted molar refractivity (Wildman–Crippen MR) is 105 cm³/mol. The molecule has 0 saturated carbocycles. The summed E-state index contributed by atoms with van der Waals surface area (Å²) in [4.78, 5) is 21.6. The number of hydrogen-bond acceptors (Lipinski definition) is 6. The predicted octanol–water partition coefficient (Wildman–Crippen LogP) is 2.89. The fourth-order valence-electron chi connectivity index (χ4n) is 3.70. The first-order valence-electron chi connectivity index (χ1n) is 9.55. The van der Waals surface area contributed by atoms with E-state index in [1.165, 1.54) is 0 Å². The molecule has 7 heteroatoms. The minimum absolute atomic E-state index is 0.0913. The molecule has 2 aromatic heterocycles. The summed E-state index contributed by atoms with van der Waals surface area (Å²) in [6.45, 7) is 7.71. The van der Waals surface area contributed by atoms with Crippen molar-refractivity contribution in [3.05, 3.63) is 53.0 Å². The molecule has 28 heavy (non-hydrogen) atoms. The number of carbonyl (C=O) groups excluding carboxylic acids is 1. The van der Waals surface area contributed by atoms with Gasteiger partial charge in [0.25, 0.3) is 5.91 Å². The van der Waals surface area contributed by atoms with E-state index in [1.54, 1.807) is 18.2 Å². The van der Waals surface area contributed by atoms with Crippen LogP contribution in [0.3, 0.4) is 0 Å². The SMILES string of the molecule is Cc1noc(C)c1CN1CCCN(C(=O)c2ccc3cccc(O)c3n2)CC1. The zero-order valence-corrected chi connectivity index (χ0v) is 16.2. The van der Waals surface area contributed by atoms with Crippen molar-refractivity contribution in [1.29, 1.82) is 0 Å². The van der Waals surface area contributed by atoms with E-state index in [1.807, 2.05) is 30.9 Å². The maximum absolute atomic E-state index is 13.0. The van der Waals surface area contributed by atoms with Gasteiger partial charge in [-0.2, -0.15) is 0 Å². The Morgan fingerprint density at radius 2 is 2.00 bits per heavy atom. The Labute approximate surface area is 163 Å². The third kappa shape index (κ3) is 3.57. The van der Waals surface area contributed by atoms with Crippen LogP contribution in [0.15, 0.2) is 34.9 Å². The number of pyridine rings is 1. The van der Waals surface area contributed by atoms with Gasteiger partial charge in [0, 0.05) is 43.7 Å². The molecule has 4 rings (SSSR count). The molecule has 7 nitrogen and oxygen atoms in total. The molecule has 1 fully saturated rings. The van der Waals surface area contributed by atoms with Crippen LogP contribution < -0.4 is 0 Å². The molecule has 0 spiro atoms. The largest absolute Gasteiger partial charge is 0.506 e. The van der Waals surface area contributed by atoms with Crippen LogP contribution in [-0.2, 0) is 6.54 Å². The standard InChI is InChI=1S/C21H24N4O3/c1-14-17(15(2)28-23-14)13-24-9-4-10-25(12-11-24)21(27)18-8-7-16-5-3-6-19(26)20(16)22-18/h3,5-8,26H,4,9-13H2,1-2H3. The quantitative estimate of drug-likeness (QED) is 0.752. The number of aromatic nitrogens is 2. The lowest BCUT2D eigenvalue weighted by Gasteiger charge is -2.22. The van der Waals surface area contributed by atoms with Crippen molar-refractivity contribution < 1.29 is 14.4 Å². The summed E-state index contributed by atoms with van der Waals surface area (Å²) in [5.74, 6) is 0.854. The summed E-state index contributed by atoms with van der Waals surface area (Å²) >= 11 is 0. The third-order valence-electron chi connectivity index (χ3n) is 5.36. The number of carbonyl (C=O) groups is 1. The molecule has 1 saturated heterocycles. The number of nitrogens with zero attached hydrogens (tertiary/aromatic N) is 4. The van der Waals surface area contributed by atoms with E-state index in [0.717, 1.165) is 48.5 Å². The van der Waals surface area contributed by atoms with Crippen molar-refractivity contribution in [2.75, 3.05) is 26.2 Å². The summed E-state index contributed by atoms with van der Waals surface area (Å²) < 4.78 is 5.26. The Bertz CT molecular complexity index is 995. The van der Waals surface area contributed by atoms with Gasteiger partial charge in [-0.05, 0) is 32.4 Å². The number of hydrogen-bond donors (Lipinski definition) is 1. The molecule has 1 amide bonds. The van der Waals surface area contributed by atoms with E-state index in [-0.39, 0.29) is 11.7 Å². The molecule has 1 N–H and O–H groups in total. The average molecular weight is 380 g/mol. The lowest BCUT2D eigenvalue weighted by Crippen LogP contribution is -2.35. The molecule has 1 aromatic carbocycles. The van der Waals surface area contributed by atoms with E-state index < -0.39 is 0 Å². The van der Waals surface area contributed by atoms with E-state index >= 15 is 0 Å². The average Bonchev–Trinajstić information content (AvgIpc) is 2.88. The first kappa shape index (κ1) is 18.4. The number of amides is 1. The Morgan fingerprint density at radius 1 is 1.14 bits per heavy atom. The zero-order valence-electron chi connectivity index (χ0n) is 16.2. The number of phenolic OH excluding ortho intramolecular Hbond substituents is 1. The van der Waals surface area contributed by atoms with Gasteiger partial charge in [-0.1, -0.05) is 23.4 Å². The van der Waals surface area contributed by atoms with E-state index in [9.17, 15) is 9.90 Å². The van der Waals surface area contributed by atoms with Gasteiger partial charge >= 0.3 is 0 Å². The van der Waals surface area contributed by atoms with Crippen LogP contribution >= 0.6 is 0 Å². The number of phenols is 1. The van der Waals surface area contributed by atoms with Gasteiger partial charge in [0.05, 0.1) is 5.69 Å². The van der Waals surface area contributed by atoms with Crippen molar-refractivity contribution in [1.82, 2.24) is 19.9 Å². The van der Waals surface area contributed by atoms with Crippen LogP contribution in [0.4, 0.5) is 0 Å². The Kier molecular flexibility index (Phi) is 5.00. The number of benzene rings is 1. The van der Waals surface area contributed by atoms with Gasteiger partial charge in [-0.15, -0.1) is 0 Å². The highest BCUT2D eigenvalue weighted by molar-refractivity contribution is 5.96. The van der Waals surface area contributed by atoms with Crippen LogP contribution in [0, 0.1) is 13.8 Å². The van der Waals surface area contributed by atoms with Gasteiger partial charge in [-0.25, -0.2) is 4.98 Å². The highest BCUT2D eigenvalue weighted by Gasteiger charge is 2.23. The van der Waals surface area contributed by atoms with E-state index in [0.29, 0.717) is 24.3 Å². The maximum Gasteiger partial charge on any atom is 0.272 e. The van der Waals surface area contributed by atoms with Crippen molar-refractivity contribution in [3.63, 3.8) is 0 Å². The van der Waals surface area contributed by atoms with Crippen molar-refractivity contribution in [2.24, 2.45) is 0 Å². The monoisotopic (exact) mass is 380 g/mol. The second-order valence-corrected chi connectivity index (χ2v) is 7.27. The second kappa shape index (κ2) is 7.59. The summed E-state index contributed by atoms with van der Waals surface area (Å²) in [5.41, 5.74) is 2.89. The van der Waals surface area contributed by atoms with Crippen LogP contribution in [-0.4, -0.2) is 57.1 Å². The molecule has 0 radical (unpaired) electrons. The van der Waals surface area contributed by atoms with E-state index in [2.05, 4.69) is 15.0 Å². The number of aryl methyl sites for hydroxylation is 2. The first-order chi connectivity index (χ1) is 13.5. The van der Waals surface area contributed by atoms with Crippen molar-refractivity contribution in [3.8, 4) is 5.75 Å². The van der Waals surface area contributed by atoms with Crippen LogP contribution in [0.25, 0.3) is 10.9 Å². The molecule has 0 atom stereocenters. The molecular weight excluding hydrogens is 356 g/mol. The van der Waals surface area contributed by atoms with Gasteiger partial charge in [-0.3, -0.25) is 9.69 Å². The van der Waals surface area contributed by atoms with Crippen LogP contribution in [0.5, 0.6) is 5.75 Å². The van der Waals surface area contributed by atoms with E-state index in [4.69, 9.17) is 4.52 Å². The topological polar surface area (TPSA) is 82.7 Å². The third-order valence-corrected chi connectivity index (χ3v) is 5.36. The fourth-order valence-corrected chi connectivity index (χ4v) is 3.70. The van der Waals surface area contributed by atoms with Gasteiger partial charge in [0.2, 0.25) is 0 Å². The molecule has 0 bridgehead atoms. The highest BCUT2D eigenvalue weighted by Crippen LogP contribution is 2.23. The number of para-hydroxylation sites is 1. The van der Waals surface area contributed by atoms with Crippen molar-refractivity contribution in [2.45, 2.75) is 26.8 Å². The summed E-state index contributed by atoms with van der Waals surface area (Å²) in [6.07, 6.45) is 0.897. The normalized spacial score (nSPS) is 15.7. The molecule has 146 valence electrons. The van der Waals surface area contributed by atoms with Gasteiger partial charge < -0.3 is 14.5 Å². The van der Waals surface area contributed by atoms with Gasteiger partial charge in [0.1, 0.15) is 22.7 Å². The number of rotatable bonds is 3. The van der Waals surface area contributed by atoms with Crippen molar-refractivity contribution >= 4 is 16.8 Å². The molecule has 0 aliphatic carbocycles. The lowest BCUT2D eigenvalue weighted by atomic mass is 10.2. The van der Waals surface area contributed by atoms with Crippen LogP contribution in [0.2, 0.25) is 0 Å².